The molecule has 1 fully saturated rings. The van der Waals surface area contributed by atoms with Crippen molar-refractivity contribution in [3.05, 3.63) is 41.3 Å². The first-order valence-corrected chi connectivity index (χ1v) is 9.68. The van der Waals surface area contributed by atoms with Gasteiger partial charge in [0.25, 0.3) is 5.91 Å². The fourth-order valence-corrected chi connectivity index (χ4v) is 3.58. The number of carbonyl (C=O) groups is 1. The van der Waals surface area contributed by atoms with Gasteiger partial charge in [-0.15, -0.1) is 0 Å². The molecule has 0 radical (unpaired) electrons. The molecule has 1 aliphatic rings. The highest BCUT2D eigenvalue weighted by atomic mass is 19.1. The minimum absolute atomic E-state index is 0.173. The molecule has 0 saturated carbocycles. The van der Waals surface area contributed by atoms with Crippen molar-refractivity contribution in [1.82, 2.24) is 20.0 Å². The molecule has 5 nitrogen and oxygen atoms in total. The predicted molar refractivity (Wildman–Crippen MR) is 105 cm³/mol. The van der Waals surface area contributed by atoms with Crippen LogP contribution in [-0.2, 0) is 7.05 Å². The number of hydrogen-bond donors (Lipinski definition) is 1. The minimum atomic E-state index is -0.236. The van der Waals surface area contributed by atoms with E-state index in [4.69, 9.17) is 0 Å². The standard InChI is InChI=1S/C21H29FN4O/c1-14-7-9-26(10-8-14)16(3)13-23-21(27)19-12-20(25(4)24-19)17-5-6-18(22)15(2)11-17/h5-6,11-12,14,16H,7-10,13H2,1-4H3,(H,23,27). The summed E-state index contributed by atoms with van der Waals surface area (Å²) in [6.45, 7) is 8.97. The Morgan fingerprint density at radius 2 is 2.04 bits per heavy atom. The molecular formula is C21H29FN4O. The van der Waals surface area contributed by atoms with Gasteiger partial charge in [0.1, 0.15) is 5.82 Å². The van der Waals surface area contributed by atoms with Crippen LogP contribution in [0.15, 0.2) is 24.3 Å². The number of carbonyl (C=O) groups excluding carboxylic acids is 1. The molecule has 1 atom stereocenters. The lowest BCUT2D eigenvalue weighted by atomic mass is 9.98. The van der Waals surface area contributed by atoms with Gasteiger partial charge in [-0.3, -0.25) is 14.4 Å². The third-order valence-electron chi connectivity index (χ3n) is 5.57. The van der Waals surface area contributed by atoms with E-state index in [1.807, 2.05) is 0 Å². The van der Waals surface area contributed by atoms with Gasteiger partial charge >= 0.3 is 0 Å². The molecule has 1 unspecified atom stereocenters. The molecule has 1 aromatic carbocycles. The van der Waals surface area contributed by atoms with E-state index in [0.29, 0.717) is 23.8 Å². The normalized spacial score (nSPS) is 17.1. The highest BCUT2D eigenvalue weighted by molar-refractivity contribution is 5.93. The van der Waals surface area contributed by atoms with Crippen LogP contribution in [0.4, 0.5) is 4.39 Å². The molecule has 2 aromatic rings. The Hall–Kier alpha value is -2.21. The lowest BCUT2D eigenvalue weighted by molar-refractivity contribution is 0.0916. The molecule has 0 aliphatic carbocycles. The third-order valence-corrected chi connectivity index (χ3v) is 5.57. The van der Waals surface area contributed by atoms with Crippen molar-refractivity contribution in [3.63, 3.8) is 0 Å². The van der Waals surface area contributed by atoms with Crippen LogP contribution in [0.25, 0.3) is 11.3 Å². The quantitative estimate of drug-likeness (QED) is 0.875. The third kappa shape index (κ3) is 4.56. The van der Waals surface area contributed by atoms with E-state index in [1.54, 1.807) is 36.9 Å². The topological polar surface area (TPSA) is 50.2 Å². The molecule has 146 valence electrons. The molecule has 6 heteroatoms. The van der Waals surface area contributed by atoms with E-state index in [9.17, 15) is 9.18 Å². The highest BCUT2D eigenvalue weighted by Crippen LogP contribution is 2.22. The van der Waals surface area contributed by atoms with Gasteiger partial charge in [-0.1, -0.05) is 6.92 Å². The zero-order valence-corrected chi connectivity index (χ0v) is 16.6. The maximum Gasteiger partial charge on any atom is 0.271 e. The molecule has 2 heterocycles. The van der Waals surface area contributed by atoms with Gasteiger partial charge < -0.3 is 5.32 Å². The summed E-state index contributed by atoms with van der Waals surface area (Å²) in [5.74, 6) is 0.387. The summed E-state index contributed by atoms with van der Waals surface area (Å²) in [5, 5.41) is 7.34. The molecule has 3 rings (SSSR count). The predicted octanol–water partition coefficient (Wildman–Crippen LogP) is 3.38. The van der Waals surface area contributed by atoms with Crippen molar-refractivity contribution in [3.8, 4) is 11.3 Å². The number of aromatic nitrogens is 2. The first-order chi connectivity index (χ1) is 12.8. The molecule has 1 amide bonds. The molecule has 1 aromatic heterocycles. The van der Waals surface area contributed by atoms with Gasteiger partial charge in [0.15, 0.2) is 5.69 Å². The monoisotopic (exact) mass is 372 g/mol. The maximum atomic E-state index is 13.5. The van der Waals surface area contributed by atoms with Gasteiger partial charge in [0.2, 0.25) is 0 Å². The SMILES string of the molecule is Cc1cc(-c2cc(C(=O)NCC(C)N3CCC(C)CC3)nn2C)ccc1F. The van der Waals surface area contributed by atoms with Crippen LogP contribution in [-0.4, -0.2) is 46.3 Å². The Morgan fingerprint density at radius 1 is 1.33 bits per heavy atom. The smallest absolute Gasteiger partial charge is 0.271 e. The number of nitrogens with zero attached hydrogens (tertiary/aromatic N) is 3. The van der Waals surface area contributed by atoms with Gasteiger partial charge in [-0.2, -0.15) is 5.10 Å². The largest absolute Gasteiger partial charge is 0.349 e. The summed E-state index contributed by atoms with van der Waals surface area (Å²) >= 11 is 0. The lowest BCUT2D eigenvalue weighted by Gasteiger charge is -2.34. The molecule has 1 aliphatic heterocycles. The van der Waals surface area contributed by atoms with Gasteiger partial charge in [-0.25, -0.2) is 4.39 Å². The van der Waals surface area contributed by atoms with Crippen molar-refractivity contribution < 1.29 is 9.18 Å². The second kappa shape index (κ2) is 8.21. The van der Waals surface area contributed by atoms with Crippen LogP contribution >= 0.6 is 0 Å². The fraction of sp³-hybridized carbons (Fsp3) is 0.524. The van der Waals surface area contributed by atoms with Gasteiger partial charge in [0.05, 0.1) is 5.69 Å². The van der Waals surface area contributed by atoms with E-state index in [-0.39, 0.29) is 11.7 Å². The van der Waals surface area contributed by atoms with E-state index < -0.39 is 0 Å². The number of halogens is 1. The molecular weight excluding hydrogens is 343 g/mol. The summed E-state index contributed by atoms with van der Waals surface area (Å²) in [6, 6.07) is 6.99. The number of hydrogen-bond acceptors (Lipinski definition) is 3. The highest BCUT2D eigenvalue weighted by Gasteiger charge is 2.21. The zero-order valence-electron chi connectivity index (χ0n) is 16.6. The first-order valence-electron chi connectivity index (χ1n) is 9.68. The van der Waals surface area contributed by atoms with Gasteiger partial charge in [0, 0.05) is 25.2 Å². The minimum Gasteiger partial charge on any atom is -0.349 e. The summed E-state index contributed by atoms with van der Waals surface area (Å²) in [7, 11) is 1.79. The summed E-state index contributed by atoms with van der Waals surface area (Å²) < 4.78 is 15.2. The number of nitrogens with one attached hydrogen (secondary N) is 1. The van der Waals surface area contributed by atoms with Crippen LogP contribution in [0.1, 0.15) is 42.7 Å². The van der Waals surface area contributed by atoms with Crippen LogP contribution in [0.3, 0.4) is 0 Å². The summed E-state index contributed by atoms with van der Waals surface area (Å²) in [4.78, 5) is 15.0. The summed E-state index contributed by atoms with van der Waals surface area (Å²) in [5.41, 5.74) is 2.60. The zero-order chi connectivity index (χ0) is 19.6. The Balaban J connectivity index is 1.63. The van der Waals surface area contributed by atoms with Crippen LogP contribution in [0, 0.1) is 18.7 Å². The van der Waals surface area contributed by atoms with Crippen molar-refractivity contribution in [2.75, 3.05) is 19.6 Å². The first kappa shape index (κ1) is 19.5. The number of rotatable bonds is 5. The fourth-order valence-electron chi connectivity index (χ4n) is 3.58. The Bertz CT molecular complexity index is 809. The Kier molecular flexibility index (Phi) is 5.95. The molecule has 27 heavy (non-hydrogen) atoms. The molecule has 1 N–H and O–H groups in total. The van der Waals surface area contributed by atoms with E-state index in [1.165, 1.54) is 18.9 Å². The number of aryl methyl sites for hydroxylation is 2. The number of likely N-dealkylation sites (tertiary alicyclic amines) is 1. The lowest BCUT2D eigenvalue weighted by Crippen LogP contribution is -2.45. The maximum absolute atomic E-state index is 13.5. The van der Waals surface area contributed by atoms with Crippen molar-refractivity contribution in [2.45, 2.75) is 39.7 Å². The van der Waals surface area contributed by atoms with Crippen molar-refractivity contribution >= 4 is 5.91 Å². The Morgan fingerprint density at radius 3 is 2.70 bits per heavy atom. The average molecular weight is 372 g/mol. The van der Waals surface area contributed by atoms with Gasteiger partial charge in [-0.05, 0) is 75.5 Å². The average Bonchev–Trinajstić information content (AvgIpc) is 3.04. The van der Waals surface area contributed by atoms with E-state index >= 15 is 0 Å². The van der Waals surface area contributed by atoms with Crippen LogP contribution < -0.4 is 5.32 Å². The van der Waals surface area contributed by atoms with Crippen molar-refractivity contribution in [2.24, 2.45) is 13.0 Å². The molecule has 1 saturated heterocycles. The van der Waals surface area contributed by atoms with Crippen LogP contribution in [0.5, 0.6) is 0 Å². The molecule has 0 spiro atoms. The van der Waals surface area contributed by atoms with Crippen molar-refractivity contribution in [1.29, 1.82) is 0 Å². The van der Waals surface area contributed by atoms with Crippen LogP contribution in [0.2, 0.25) is 0 Å². The number of benzene rings is 1. The second-order valence-corrected chi connectivity index (χ2v) is 7.78. The Labute approximate surface area is 160 Å². The summed E-state index contributed by atoms with van der Waals surface area (Å²) in [6.07, 6.45) is 2.44. The van der Waals surface area contributed by atoms with E-state index in [2.05, 4.69) is 29.2 Å². The number of piperidine rings is 1. The second-order valence-electron chi connectivity index (χ2n) is 7.78. The van der Waals surface area contributed by atoms with E-state index in [0.717, 1.165) is 30.3 Å². The molecule has 0 bridgehead atoms. The number of amides is 1.